The largest absolute Gasteiger partial charge is 0.143 e. The van der Waals surface area contributed by atoms with E-state index in [-0.39, 0.29) is 5.38 Å². The summed E-state index contributed by atoms with van der Waals surface area (Å²) in [4.78, 5) is 2.60. The summed E-state index contributed by atoms with van der Waals surface area (Å²) in [6.07, 6.45) is 1.07. The Bertz CT molecular complexity index is 496. The number of aryl methyl sites for hydroxylation is 3. The molecule has 1 aromatic carbocycles. The fourth-order valence-electron chi connectivity index (χ4n) is 1.98. The van der Waals surface area contributed by atoms with E-state index >= 15 is 0 Å². The monoisotopic (exact) mass is 264 g/mol. The van der Waals surface area contributed by atoms with Gasteiger partial charge < -0.3 is 0 Å². The number of alkyl halides is 1. The first-order valence-electron chi connectivity index (χ1n) is 5.91. The summed E-state index contributed by atoms with van der Waals surface area (Å²) >= 11 is 8.35. The Morgan fingerprint density at radius 3 is 2.29 bits per heavy atom. The molecule has 1 unspecified atom stereocenters. The molecule has 0 fully saturated rings. The number of rotatable bonds is 3. The van der Waals surface area contributed by atoms with Gasteiger partial charge in [0.15, 0.2) is 0 Å². The molecule has 0 radical (unpaired) electrons. The number of benzene rings is 1. The summed E-state index contributed by atoms with van der Waals surface area (Å²) in [5.41, 5.74) is 3.84. The molecular weight excluding hydrogens is 248 g/mol. The molecule has 0 N–H and O–H groups in total. The van der Waals surface area contributed by atoms with E-state index in [1.807, 2.05) is 0 Å². The van der Waals surface area contributed by atoms with Gasteiger partial charge in [0.05, 0.1) is 5.38 Å². The van der Waals surface area contributed by atoms with Crippen LogP contribution >= 0.6 is 22.9 Å². The third-order valence-corrected chi connectivity index (χ3v) is 4.81. The van der Waals surface area contributed by atoms with Crippen molar-refractivity contribution >= 4 is 22.9 Å². The zero-order valence-electron chi connectivity index (χ0n) is 10.5. The standard InChI is InChI=1S/C15H17ClS/c1-4-12-5-7-13(8-6-12)14(16)15-10(2)9-11(3)17-15/h5-9,14H,4H2,1-3H3. The van der Waals surface area contributed by atoms with E-state index < -0.39 is 0 Å². The van der Waals surface area contributed by atoms with Crippen molar-refractivity contribution in [1.29, 1.82) is 0 Å². The van der Waals surface area contributed by atoms with Gasteiger partial charge >= 0.3 is 0 Å². The number of hydrogen-bond donors (Lipinski definition) is 0. The predicted molar refractivity (Wildman–Crippen MR) is 77.3 cm³/mol. The van der Waals surface area contributed by atoms with Gasteiger partial charge in [-0.15, -0.1) is 22.9 Å². The van der Waals surface area contributed by atoms with Crippen molar-refractivity contribution < 1.29 is 0 Å². The highest BCUT2D eigenvalue weighted by atomic mass is 35.5. The van der Waals surface area contributed by atoms with Gasteiger partial charge in [-0.1, -0.05) is 31.2 Å². The molecule has 0 saturated carbocycles. The fourth-order valence-corrected chi connectivity index (χ4v) is 3.48. The van der Waals surface area contributed by atoms with Crippen molar-refractivity contribution in [2.75, 3.05) is 0 Å². The third kappa shape index (κ3) is 2.72. The van der Waals surface area contributed by atoms with Crippen LogP contribution in [-0.2, 0) is 6.42 Å². The molecular formula is C15H17ClS. The molecule has 1 atom stereocenters. The Morgan fingerprint density at radius 1 is 1.18 bits per heavy atom. The number of thiophene rings is 1. The van der Waals surface area contributed by atoms with E-state index in [9.17, 15) is 0 Å². The molecule has 0 aliphatic rings. The first-order chi connectivity index (χ1) is 8.11. The molecule has 2 heteroatoms. The summed E-state index contributed by atoms with van der Waals surface area (Å²) in [6, 6.07) is 10.8. The van der Waals surface area contributed by atoms with E-state index in [2.05, 4.69) is 51.1 Å². The molecule has 1 aromatic heterocycles. The first-order valence-corrected chi connectivity index (χ1v) is 7.17. The Balaban J connectivity index is 2.30. The lowest BCUT2D eigenvalue weighted by molar-refractivity contribution is 1.11. The molecule has 0 bridgehead atoms. The van der Waals surface area contributed by atoms with E-state index in [0.717, 1.165) is 6.42 Å². The molecule has 2 rings (SSSR count). The average Bonchev–Trinajstić information content (AvgIpc) is 2.68. The van der Waals surface area contributed by atoms with Gasteiger partial charge in [0, 0.05) is 9.75 Å². The zero-order valence-corrected chi connectivity index (χ0v) is 12.0. The highest BCUT2D eigenvalue weighted by Crippen LogP contribution is 2.36. The normalized spacial score (nSPS) is 12.7. The Labute approximate surface area is 112 Å². The van der Waals surface area contributed by atoms with Gasteiger partial charge in [-0.05, 0) is 43.0 Å². The van der Waals surface area contributed by atoms with Gasteiger partial charge in [-0.2, -0.15) is 0 Å². The lowest BCUT2D eigenvalue weighted by atomic mass is 10.1. The summed E-state index contributed by atoms with van der Waals surface area (Å²) in [5, 5.41) is -0.0143. The number of halogens is 1. The fraction of sp³-hybridized carbons (Fsp3) is 0.333. The van der Waals surface area contributed by atoms with E-state index in [1.54, 1.807) is 11.3 Å². The van der Waals surface area contributed by atoms with Crippen molar-refractivity contribution in [3.8, 4) is 0 Å². The van der Waals surface area contributed by atoms with Crippen molar-refractivity contribution in [1.82, 2.24) is 0 Å². The Kier molecular flexibility index (Phi) is 3.90. The van der Waals surface area contributed by atoms with Crippen molar-refractivity contribution in [3.05, 3.63) is 56.8 Å². The average molecular weight is 265 g/mol. The number of hydrogen-bond acceptors (Lipinski definition) is 1. The SMILES string of the molecule is CCc1ccc(C(Cl)c2sc(C)cc2C)cc1. The molecule has 17 heavy (non-hydrogen) atoms. The molecule has 90 valence electrons. The second-order valence-electron chi connectivity index (χ2n) is 4.36. The highest BCUT2D eigenvalue weighted by Gasteiger charge is 2.15. The minimum atomic E-state index is -0.0143. The van der Waals surface area contributed by atoms with E-state index in [0.29, 0.717) is 0 Å². The van der Waals surface area contributed by atoms with Crippen LogP contribution in [0.15, 0.2) is 30.3 Å². The Morgan fingerprint density at radius 2 is 1.82 bits per heavy atom. The van der Waals surface area contributed by atoms with Crippen molar-refractivity contribution in [3.63, 3.8) is 0 Å². The van der Waals surface area contributed by atoms with Gasteiger partial charge in [-0.25, -0.2) is 0 Å². The lowest BCUT2D eigenvalue weighted by Gasteiger charge is -2.10. The molecule has 0 nitrogen and oxygen atoms in total. The molecule has 2 aromatic rings. The summed E-state index contributed by atoms with van der Waals surface area (Å²) in [7, 11) is 0. The van der Waals surface area contributed by atoms with Crippen LogP contribution in [-0.4, -0.2) is 0 Å². The smallest absolute Gasteiger partial charge is 0.0930 e. The maximum atomic E-state index is 6.56. The second-order valence-corrected chi connectivity index (χ2v) is 6.09. The van der Waals surface area contributed by atoms with E-state index in [1.165, 1.54) is 26.4 Å². The van der Waals surface area contributed by atoms with Crippen molar-refractivity contribution in [2.24, 2.45) is 0 Å². The highest BCUT2D eigenvalue weighted by molar-refractivity contribution is 7.12. The van der Waals surface area contributed by atoms with Crippen LogP contribution < -0.4 is 0 Å². The molecule has 0 aliphatic carbocycles. The predicted octanol–water partition coefficient (Wildman–Crippen LogP) is 5.26. The zero-order chi connectivity index (χ0) is 12.4. The van der Waals surface area contributed by atoms with Gasteiger partial charge in [0.25, 0.3) is 0 Å². The lowest BCUT2D eigenvalue weighted by Crippen LogP contribution is -1.92. The molecule has 0 spiro atoms. The summed E-state index contributed by atoms with van der Waals surface area (Å²) in [6.45, 7) is 6.43. The molecule has 0 aliphatic heterocycles. The quantitative estimate of drug-likeness (QED) is 0.664. The van der Waals surface area contributed by atoms with Gasteiger partial charge in [0.1, 0.15) is 0 Å². The second kappa shape index (κ2) is 5.24. The maximum absolute atomic E-state index is 6.56. The van der Waals surface area contributed by atoms with Crippen LogP contribution in [0.3, 0.4) is 0 Å². The van der Waals surface area contributed by atoms with Crippen LogP contribution in [0.5, 0.6) is 0 Å². The molecule has 0 amide bonds. The van der Waals surface area contributed by atoms with Crippen LogP contribution in [0.2, 0.25) is 0 Å². The third-order valence-electron chi connectivity index (χ3n) is 2.99. The topological polar surface area (TPSA) is 0 Å². The summed E-state index contributed by atoms with van der Waals surface area (Å²) < 4.78 is 0. The van der Waals surface area contributed by atoms with Crippen LogP contribution in [0.25, 0.3) is 0 Å². The van der Waals surface area contributed by atoms with Gasteiger partial charge in [-0.3, -0.25) is 0 Å². The maximum Gasteiger partial charge on any atom is 0.0930 e. The Hall–Kier alpha value is -0.790. The van der Waals surface area contributed by atoms with Gasteiger partial charge in [0.2, 0.25) is 0 Å². The van der Waals surface area contributed by atoms with Crippen LogP contribution in [0.4, 0.5) is 0 Å². The minimum absolute atomic E-state index is 0.0143. The van der Waals surface area contributed by atoms with E-state index in [4.69, 9.17) is 11.6 Å². The van der Waals surface area contributed by atoms with Crippen LogP contribution in [0.1, 0.15) is 38.7 Å². The first kappa shape index (κ1) is 12.7. The summed E-state index contributed by atoms with van der Waals surface area (Å²) in [5.74, 6) is 0. The van der Waals surface area contributed by atoms with Crippen molar-refractivity contribution in [2.45, 2.75) is 32.6 Å². The molecule has 0 saturated heterocycles. The molecule has 1 heterocycles. The van der Waals surface area contributed by atoms with Crippen LogP contribution in [0, 0.1) is 13.8 Å². The minimum Gasteiger partial charge on any atom is -0.143 e.